The number of rotatable bonds is 5. The highest BCUT2D eigenvalue weighted by Gasteiger charge is 2.12. The van der Waals surface area contributed by atoms with Crippen LogP contribution in [0.5, 0.6) is 0 Å². The van der Waals surface area contributed by atoms with Gasteiger partial charge >= 0.3 is 0 Å². The highest BCUT2D eigenvalue weighted by molar-refractivity contribution is 9.10. The van der Waals surface area contributed by atoms with Gasteiger partial charge in [0.15, 0.2) is 0 Å². The molecule has 0 saturated heterocycles. The maximum atomic E-state index is 12.1. The second-order valence-corrected chi connectivity index (χ2v) is 6.49. The van der Waals surface area contributed by atoms with E-state index in [-0.39, 0.29) is 11.6 Å². The van der Waals surface area contributed by atoms with Gasteiger partial charge in [-0.1, -0.05) is 12.1 Å². The summed E-state index contributed by atoms with van der Waals surface area (Å²) < 4.78 is 6.36. The number of nitro benzene ring substituents is 1. The van der Waals surface area contributed by atoms with Gasteiger partial charge in [0.2, 0.25) is 0 Å². The molecule has 0 atom stereocenters. The Labute approximate surface area is 163 Å². The van der Waals surface area contributed by atoms with E-state index in [1.165, 1.54) is 18.3 Å². The smallest absolute Gasteiger partial charge is 0.272 e. The number of aryl methyl sites for hydroxylation is 1. The topological polar surface area (TPSA) is 97.7 Å². The van der Waals surface area contributed by atoms with Gasteiger partial charge in [-0.3, -0.25) is 14.9 Å². The lowest BCUT2D eigenvalue weighted by Gasteiger charge is -2.02. The summed E-state index contributed by atoms with van der Waals surface area (Å²) in [5.74, 6) is 0.646. The fourth-order valence-corrected chi connectivity index (χ4v) is 2.93. The first kappa shape index (κ1) is 18.5. The first-order valence-electron chi connectivity index (χ1n) is 7.89. The first-order valence-corrected chi connectivity index (χ1v) is 8.68. The summed E-state index contributed by atoms with van der Waals surface area (Å²) in [6.07, 6.45) is 1.39. The number of hydrazone groups is 1. The molecule has 136 valence electrons. The van der Waals surface area contributed by atoms with Gasteiger partial charge in [-0.25, -0.2) is 5.43 Å². The number of halogens is 1. The van der Waals surface area contributed by atoms with Crippen LogP contribution < -0.4 is 5.43 Å². The van der Waals surface area contributed by atoms with Crippen molar-refractivity contribution >= 4 is 33.7 Å². The van der Waals surface area contributed by atoms with Crippen molar-refractivity contribution in [2.24, 2.45) is 5.10 Å². The third-order valence-corrected chi connectivity index (χ3v) is 4.48. The Kier molecular flexibility index (Phi) is 5.46. The third kappa shape index (κ3) is 4.29. The minimum absolute atomic E-state index is 0.0272. The van der Waals surface area contributed by atoms with Crippen LogP contribution in [0.2, 0.25) is 0 Å². The molecule has 0 aliphatic rings. The molecule has 2 aromatic carbocycles. The van der Waals surface area contributed by atoms with Gasteiger partial charge in [0.1, 0.15) is 11.5 Å². The standard InChI is InChI=1S/C19H14BrN3O4/c1-12-10-13(23(25)26)6-8-15(12)18-9-7-14(27-18)11-21-22-19(24)16-4-2-3-5-17(16)20/h2-11H,1H3,(H,22,24)/b21-11-. The molecule has 1 amide bonds. The van der Waals surface area contributed by atoms with E-state index in [9.17, 15) is 14.9 Å². The van der Waals surface area contributed by atoms with Crippen molar-refractivity contribution < 1.29 is 14.1 Å². The molecule has 0 unspecified atom stereocenters. The van der Waals surface area contributed by atoms with Gasteiger partial charge < -0.3 is 4.42 Å². The lowest BCUT2D eigenvalue weighted by molar-refractivity contribution is -0.384. The summed E-state index contributed by atoms with van der Waals surface area (Å²) in [7, 11) is 0. The Bertz CT molecular complexity index is 1040. The molecule has 0 fully saturated rings. The number of nitrogens with zero attached hydrogens (tertiary/aromatic N) is 2. The lowest BCUT2D eigenvalue weighted by Crippen LogP contribution is -2.17. The van der Waals surface area contributed by atoms with Gasteiger partial charge in [0.25, 0.3) is 11.6 Å². The molecule has 0 saturated carbocycles. The van der Waals surface area contributed by atoms with E-state index in [4.69, 9.17) is 4.42 Å². The van der Waals surface area contributed by atoms with Gasteiger partial charge in [-0.2, -0.15) is 5.10 Å². The van der Waals surface area contributed by atoms with Crippen LogP contribution in [0.4, 0.5) is 5.69 Å². The summed E-state index contributed by atoms with van der Waals surface area (Å²) in [6, 6.07) is 15.0. The number of nitro groups is 1. The highest BCUT2D eigenvalue weighted by atomic mass is 79.9. The molecular weight excluding hydrogens is 414 g/mol. The van der Waals surface area contributed by atoms with Gasteiger partial charge in [-0.15, -0.1) is 0 Å². The fraction of sp³-hybridized carbons (Fsp3) is 0.0526. The molecule has 3 rings (SSSR count). The molecule has 0 bridgehead atoms. The molecule has 0 aliphatic carbocycles. The van der Waals surface area contributed by atoms with Crippen LogP contribution in [0.15, 0.2) is 68.6 Å². The Hall–Kier alpha value is -3.26. The highest BCUT2D eigenvalue weighted by Crippen LogP contribution is 2.28. The quantitative estimate of drug-likeness (QED) is 0.362. The van der Waals surface area contributed by atoms with E-state index in [1.807, 2.05) is 6.07 Å². The Morgan fingerprint density at radius 3 is 2.70 bits per heavy atom. The van der Waals surface area contributed by atoms with Gasteiger partial charge in [0.05, 0.1) is 16.7 Å². The van der Waals surface area contributed by atoms with Crippen LogP contribution in [0.1, 0.15) is 21.7 Å². The molecule has 27 heavy (non-hydrogen) atoms. The Morgan fingerprint density at radius 1 is 1.22 bits per heavy atom. The van der Waals surface area contributed by atoms with Crippen LogP contribution in [0.3, 0.4) is 0 Å². The normalized spacial score (nSPS) is 10.9. The van der Waals surface area contributed by atoms with Crippen molar-refractivity contribution in [3.05, 3.63) is 86.1 Å². The molecule has 1 aromatic heterocycles. The number of furan rings is 1. The van der Waals surface area contributed by atoms with Crippen molar-refractivity contribution in [1.29, 1.82) is 0 Å². The molecule has 8 heteroatoms. The fourth-order valence-electron chi connectivity index (χ4n) is 2.46. The zero-order valence-corrected chi connectivity index (χ0v) is 15.8. The number of amides is 1. The number of hydrogen-bond donors (Lipinski definition) is 1. The van der Waals surface area contributed by atoms with Crippen LogP contribution in [0.25, 0.3) is 11.3 Å². The Morgan fingerprint density at radius 2 is 2.00 bits per heavy atom. The van der Waals surface area contributed by atoms with E-state index in [0.29, 0.717) is 21.6 Å². The predicted molar refractivity (Wildman–Crippen MR) is 105 cm³/mol. The van der Waals surface area contributed by atoms with Crippen LogP contribution in [-0.4, -0.2) is 17.0 Å². The van der Waals surface area contributed by atoms with Crippen molar-refractivity contribution in [1.82, 2.24) is 5.43 Å². The van der Waals surface area contributed by atoms with E-state index in [2.05, 4.69) is 26.5 Å². The molecular formula is C19H14BrN3O4. The van der Waals surface area contributed by atoms with Crippen molar-refractivity contribution in [3.8, 4) is 11.3 Å². The third-order valence-electron chi connectivity index (χ3n) is 3.79. The number of hydrogen-bond acceptors (Lipinski definition) is 5. The summed E-state index contributed by atoms with van der Waals surface area (Å²) >= 11 is 3.31. The minimum atomic E-state index is -0.440. The molecule has 0 radical (unpaired) electrons. The number of nitrogens with one attached hydrogen (secondary N) is 1. The van der Waals surface area contributed by atoms with E-state index in [0.717, 1.165) is 11.1 Å². The van der Waals surface area contributed by atoms with Crippen LogP contribution >= 0.6 is 15.9 Å². The molecule has 1 heterocycles. The average molecular weight is 428 g/mol. The summed E-state index contributed by atoms with van der Waals surface area (Å²) in [4.78, 5) is 22.5. The van der Waals surface area contributed by atoms with Crippen LogP contribution in [0, 0.1) is 17.0 Å². The van der Waals surface area contributed by atoms with E-state index < -0.39 is 4.92 Å². The largest absolute Gasteiger partial charge is 0.455 e. The summed E-state index contributed by atoms with van der Waals surface area (Å²) in [6.45, 7) is 1.77. The van der Waals surface area contributed by atoms with Gasteiger partial charge in [-0.05, 0) is 58.7 Å². The molecule has 7 nitrogen and oxygen atoms in total. The summed E-state index contributed by atoms with van der Waals surface area (Å²) in [5.41, 5.74) is 4.40. The van der Waals surface area contributed by atoms with Crippen molar-refractivity contribution in [2.75, 3.05) is 0 Å². The molecule has 1 N–H and O–H groups in total. The van der Waals surface area contributed by atoms with Crippen molar-refractivity contribution in [2.45, 2.75) is 6.92 Å². The monoisotopic (exact) mass is 427 g/mol. The predicted octanol–water partition coefficient (Wildman–Crippen LogP) is 4.69. The lowest BCUT2D eigenvalue weighted by atomic mass is 10.1. The maximum absolute atomic E-state index is 12.1. The second-order valence-electron chi connectivity index (χ2n) is 5.64. The van der Waals surface area contributed by atoms with Crippen molar-refractivity contribution in [3.63, 3.8) is 0 Å². The number of benzene rings is 2. The average Bonchev–Trinajstić information content (AvgIpc) is 3.10. The van der Waals surface area contributed by atoms with Crippen LogP contribution in [-0.2, 0) is 0 Å². The van der Waals surface area contributed by atoms with E-state index >= 15 is 0 Å². The zero-order chi connectivity index (χ0) is 19.4. The zero-order valence-electron chi connectivity index (χ0n) is 14.2. The Balaban J connectivity index is 1.71. The van der Waals surface area contributed by atoms with Gasteiger partial charge in [0, 0.05) is 22.2 Å². The number of carbonyl (C=O) groups excluding carboxylic acids is 1. The molecule has 0 aliphatic heterocycles. The SMILES string of the molecule is Cc1cc([N+](=O)[O-])ccc1-c1ccc(/C=N\NC(=O)c2ccccc2Br)o1. The molecule has 0 spiro atoms. The molecule has 3 aromatic rings. The second kappa shape index (κ2) is 7.96. The number of non-ortho nitro benzene ring substituents is 1. The minimum Gasteiger partial charge on any atom is -0.455 e. The van der Waals surface area contributed by atoms with E-state index in [1.54, 1.807) is 43.3 Å². The first-order chi connectivity index (χ1) is 13.0. The summed E-state index contributed by atoms with van der Waals surface area (Å²) in [5, 5.41) is 14.7. The maximum Gasteiger partial charge on any atom is 0.272 e. The number of carbonyl (C=O) groups is 1.